The molecule has 2 N–H and O–H groups in total. The molecular weight excluding hydrogens is 334 g/mol. The number of benzene rings is 1. The summed E-state index contributed by atoms with van der Waals surface area (Å²) in [5.74, 6) is 0.230. The molecule has 1 aromatic carbocycles. The number of hydrogen-bond acceptors (Lipinski definition) is 5. The van der Waals surface area contributed by atoms with Crippen LogP contribution in [-0.4, -0.2) is 17.0 Å². The van der Waals surface area contributed by atoms with Crippen LogP contribution in [-0.2, 0) is 16.1 Å². The Morgan fingerprint density at radius 3 is 2.96 bits per heavy atom. The Kier molecular flexibility index (Phi) is 4.04. The number of anilines is 1. The molecule has 0 saturated heterocycles. The number of carbonyl (C=O) groups excluding carboxylic acids is 2. The Balaban J connectivity index is 1.38. The van der Waals surface area contributed by atoms with Crippen molar-refractivity contribution in [1.82, 2.24) is 10.5 Å². The molecule has 7 nitrogen and oxygen atoms in total. The van der Waals surface area contributed by atoms with E-state index >= 15 is 0 Å². The van der Waals surface area contributed by atoms with Crippen molar-refractivity contribution in [3.8, 4) is 11.5 Å². The normalized spacial score (nSPS) is 15.6. The molecule has 0 aliphatic carbocycles. The highest BCUT2D eigenvalue weighted by Gasteiger charge is 2.32. The molecule has 0 unspecified atom stereocenters. The molecule has 0 radical (unpaired) electrons. The summed E-state index contributed by atoms with van der Waals surface area (Å²) in [4.78, 5) is 24.4. The van der Waals surface area contributed by atoms with E-state index in [9.17, 15) is 9.59 Å². The average molecular weight is 351 g/mol. The van der Waals surface area contributed by atoms with Crippen LogP contribution in [0.4, 0.5) is 5.69 Å². The zero-order chi connectivity index (χ0) is 18.1. The maximum atomic E-state index is 12.3. The highest BCUT2D eigenvalue weighted by atomic mass is 16.5. The summed E-state index contributed by atoms with van der Waals surface area (Å²) in [5.41, 5.74) is 3.28. The van der Waals surface area contributed by atoms with E-state index in [-0.39, 0.29) is 24.8 Å². The van der Waals surface area contributed by atoms with Crippen LogP contribution in [0.2, 0.25) is 0 Å². The van der Waals surface area contributed by atoms with Gasteiger partial charge < -0.3 is 19.6 Å². The smallest absolute Gasteiger partial charge is 0.232 e. The third kappa shape index (κ3) is 3.11. The van der Waals surface area contributed by atoms with E-state index in [2.05, 4.69) is 15.8 Å². The lowest BCUT2D eigenvalue weighted by atomic mass is 9.95. The third-order valence-electron chi connectivity index (χ3n) is 4.34. The topological polar surface area (TPSA) is 97.4 Å². The second-order valence-electron chi connectivity index (χ2n) is 6.27. The molecular formula is C19H17N3O4. The fraction of sp³-hybridized carbons (Fsp3) is 0.211. The van der Waals surface area contributed by atoms with Crippen molar-refractivity contribution >= 4 is 17.5 Å². The molecule has 2 aromatic heterocycles. The number of nitrogens with one attached hydrogen (secondary N) is 2. The summed E-state index contributed by atoms with van der Waals surface area (Å²) in [6.45, 7) is 2.18. The standard InChI is InChI=1S/C19H17N3O4/c1-11-4-5-15-13(7-11)14(19(24)21-15)9-18(23)20-10-12-8-17(26-22-12)16-3-2-6-25-16/h2-8,14H,9-10H2,1H3,(H,20,23)(H,21,24)/t14-/m0/s1. The largest absolute Gasteiger partial charge is 0.461 e. The quantitative estimate of drug-likeness (QED) is 0.736. The Hall–Kier alpha value is -3.35. The van der Waals surface area contributed by atoms with Gasteiger partial charge in [0.25, 0.3) is 0 Å². The minimum absolute atomic E-state index is 0.0885. The summed E-state index contributed by atoms with van der Waals surface area (Å²) < 4.78 is 10.4. The summed E-state index contributed by atoms with van der Waals surface area (Å²) in [6.07, 6.45) is 1.64. The van der Waals surface area contributed by atoms with Gasteiger partial charge in [-0.05, 0) is 30.7 Å². The van der Waals surface area contributed by atoms with Crippen molar-refractivity contribution in [3.05, 3.63) is 59.5 Å². The van der Waals surface area contributed by atoms with Gasteiger partial charge in [0, 0.05) is 18.2 Å². The number of carbonyl (C=O) groups is 2. The molecule has 0 bridgehead atoms. The van der Waals surface area contributed by atoms with Gasteiger partial charge in [-0.15, -0.1) is 0 Å². The molecule has 7 heteroatoms. The number of amides is 2. The van der Waals surface area contributed by atoms with Crippen LogP contribution in [0.25, 0.3) is 11.5 Å². The van der Waals surface area contributed by atoms with Crippen LogP contribution in [0.5, 0.6) is 0 Å². The van der Waals surface area contributed by atoms with Crippen LogP contribution in [0.3, 0.4) is 0 Å². The van der Waals surface area contributed by atoms with E-state index in [4.69, 9.17) is 8.94 Å². The van der Waals surface area contributed by atoms with Crippen molar-refractivity contribution in [3.63, 3.8) is 0 Å². The van der Waals surface area contributed by atoms with Crippen LogP contribution in [0.1, 0.15) is 29.2 Å². The number of rotatable bonds is 5. The lowest BCUT2D eigenvalue weighted by molar-refractivity contribution is -0.125. The van der Waals surface area contributed by atoms with E-state index in [0.29, 0.717) is 17.2 Å². The zero-order valence-electron chi connectivity index (χ0n) is 14.1. The molecule has 2 amide bonds. The first-order valence-electron chi connectivity index (χ1n) is 8.28. The third-order valence-corrected chi connectivity index (χ3v) is 4.34. The fourth-order valence-electron chi connectivity index (χ4n) is 3.02. The first-order valence-corrected chi connectivity index (χ1v) is 8.28. The molecule has 0 fully saturated rings. The second kappa shape index (κ2) is 6.51. The maximum absolute atomic E-state index is 12.3. The van der Waals surface area contributed by atoms with Gasteiger partial charge in [-0.25, -0.2) is 0 Å². The van der Waals surface area contributed by atoms with E-state index < -0.39 is 5.92 Å². The van der Waals surface area contributed by atoms with Gasteiger partial charge >= 0.3 is 0 Å². The minimum atomic E-state index is -0.471. The monoisotopic (exact) mass is 351 g/mol. The summed E-state index contributed by atoms with van der Waals surface area (Å²) in [5, 5.41) is 9.50. The highest BCUT2D eigenvalue weighted by Crippen LogP contribution is 2.35. The number of fused-ring (bicyclic) bond motifs is 1. The summed E-state index contributed by atoms with van der Waals surface area (Å²) >= 11 is 0. The van der Waals surface area contributed by atoms with E-state index in [1.165, 1.54) is 0 Å². The van der Waals surface area contributed by atoms with Gasteiger partial charge in [-0.2, -0.15) is 0 Å². The molecule has 0 saturated carbocycles. The SMILES string of the molecule is Cc1ccc2c(c1)[C@H](CC(=O)NCc1cc(-c3ccco3)on1)C(=O)N2. The number of aryl methyl sites for hydroxylation is 1. The van der Waals surface area contributed by atoms with Crippen molar-refractivity contribution in [1.29, 1.82) is 0 Å². The van der Waals surface area contributed by atoms with Crippen LogP contribution in [0, 0.1) is 6.92 Å². The minimum Gasteiger partial charge on any atom is -0.461 e. The first kappa shape index (κ1) is 16.1. The van der Waals surface area contributed by atoms with Crippen molar-refractivity contribution < 1.29 is 18.5 Å². The van der Waals surface area contributed by atoms with Gasteiger partial charge in [-0.3, -0.25) is 9.59 Å². The Morgan fingerprint density at radius 1 is 1.27 bits per heavy atom. The Bertz CT molecular complexity index is 959. The predicted molar refractivity (Wildman–Crippen MR) is 93.2 cm³/mol. The van der Waals surface area contributed by atoms with Crippen LogP contribution >= 0.6 is 0 Å². The fourth-order valence-corrected chi connectivity index (χ4v) is 3.02. The van der Waals surface area contributed by atoms with E-state index in [1.54, 1.807) is 24.5 Å². The number of furan rings is 1. The first-order chi connectivity index (χ1) is 12.6. The van der Waals surface area contributed by atoms with Crippen LogP contribution in [0.15, 0.2) is 51.6 Å². The molecule has 132 valence electrons. The Morgan fingerprint density at radius 2 is 2.15 bits per heavy atom. The average Bonchev–Trinajstić information content (AvgIpc) is 3.34. The molecule has 0 spiro atoms. The zero-order valence-corrected chi connectivity index (χ0v) is 14.1. The predicted octanol–water partition coefficient (Wildman–Crippen LogP) is 2.99. The Labute approximate surface area is 149 Å². The lowest BCUT2D eigenvalue weighted by Gasteiger charge is -2.09. The molecule has 3 aromatic rings. The number of hydrogen-bond donors (Lipinski definition) is 2. The van der Waals surface area contributed by atoms with E-state index in [1.807, 2.05) is 25.1 Å². The molecule has 3 heterocycles. The molecule has 1 aliphatic heterocycles. The highest BCUT2D eigenvalue weighted by molar-refractivity contribution is 6.05. The van der Waals surface area contributed by atoms with Crippen LogP contribution < -0.4 is 10.6 Å². The van der Waals surface area contributed by atoms with Crippen molar-refractivity contribution in [2.24, 2.45) is 0 Å². The second-order valence-corrected chi connectivity index (χ2v) is 6.27. The summed E-state index contributed by atoms with van der Waals surface area (Å²) in [6, 6.07) is 11.0. The molecule has 26 heavy (non-hydrogen) atoms. The lowest BCUT2D eigenvalue weighted by Crippen LogP contribution is -2.26. The molecule has 4 rings (SSSR count). The van der Waals surface area contributed by atoms with Crippen molar-refractivity contribution in [2.45, 2.75) is 25.8 Å². The van der Waals surface area contributed by atoms with Gasteiger partial charge in [0.05, 0.1) is 18.7 Å². The van der Waals surface area contributed by atoms with E-state index in [0.717, 1.165) is 16.8 Å². The van der Waals surface area contributed by atoms with Gasteiger partial charge in [0.2, 0.25) is 17.6 Å². The number of aromatic nitrogens is 1. The van der Waals surface area contributed by atoms with Gasteiger partial charge in [0.15, 0.2) is 5.76 Å². The maximum Gasteiger partial charge on any atom is 0.232 e. The number of nitrogens with zero attached hydrogens (tertiary/aromatic N) is 1. The summed E-state index contributed by atoms with van der Waals surface area (Å²) in [7, 11) is 0. The molecule has 1 aliphatic rings. The van der Waals surface area contributed by atoms with Gasteiger partial charge in [-0.1, -0.05) is 22.9 Å². The molecule has 1 atom stereocenters. The van der Waals surface area contributed by atoms with Crippen molar-refractivity contribution in [2.75, 3.05) is 5.32 Å². The van der Waals surface area contributed by atoms with Gasteiger partial charge in [0.1, 0.15) is 5.69 Å².